The maximum atomic E-state index is 14.1. The first kappa shape index (κ1) is 45.9. The minimum Gasteiger partial charge on any atom is -0.382 e. The van der Waals surface area contributed by atoms with Gasteiger partial charge < -0.3 is 48.7 Å². The first-order valence-electron chi connectivity index (χ1n) is 17.1. The minimum atomic E-state index is -1.11. The van der Waals surface area contributed by atoms with Crippen molar-refractivity contribution in [2.24, 2.45) is 28.1 Å². The first-order valence-corrected chi connectivity index (χ1v) is 17.5. The number of unbranched alkanes of at least 4 members (excludes halogenated alkanes) is 1. The van der Waals surface area contributed by atoms with Crippen molar-refractivity contribution in [3.8, 4) is 0 Å². The summed E-state index contributed by atoms with van der Waals surface area (Å²) in [4.78, 5) is 60.6. The summed E-state index contributed by atoms with van der Waals surface area (Å²) in [6.07, 6.45) is 9.23. The Labute approximate surface area is 304 Å². The number of carbonyl (C=O) groups is 4. The molecule has 0 fully saturated rings. The average molecular weight is 719 g/mol. The Morgan fingerprint density at radius 3 is 1.94 bits per heavy atom. The largest absolute Gasteiger partial charge is 0.382 e. The predicted molar refractivity (Wildman–Crippen MR) is 207 cm³/mol. The van der Waals surface area contributed by atoms with Crippen LogP contribution in [0, 0.1) is 5.92 Å². The number of rotatable bonds is 27. The van der Waals surface area contributed by atoms with E-state index in [1.165, 1.54) is 5.49 Å². The lowest BCUT2D eigenvalue weighted by atomic mass is 9.94. The number of hydrogen-bond donors (Lipinski definition) is 8. The van der Waals surface area contributed by atoms with Crippen LogP contribution in [0.25, 0.3) is 0 Å². The summed E-state index contributed by atoms with van der Waals surface area (Å²) < 4.78 is 0. The van der Waals surface area contributed by atoms with Gasteiger partial charge in [-0.3, -0.25) is 24.2 Å². The number of carbonyl (C=O) groups excluding carboxylic acids is 4. The highest BCUT2D eigenvalue weighted by atomic mass is 32.1. The van der Waals surface area contributed by atoms with Crippen LogP contribution in [-0.4, -0.2) is 97.2 Å². The van der Waals surface area contributed by atoms with Gasteiger partial charge in [0, 0.05) is 50.9 Å². The molecule has 11 N–H and O–H groups in total. The van der Waals surface area contributed by atoms with Gasteiger partial charge in [-0.25, -0.2) is 0 Å². The van der Waals surface area contributed by atoms with Crippen molar-refractivity contribution < 1.29 is 19.2 Å². The lowest BCUT2D eigenvalue weighted by Crippen LogP contribution is -2.58. The number of aliphatic imine (C=N–C) groups is 1. The van der Waals surface area contributed by atoms with Crippen LogP contribution in [-0.2, 0) is 19.2 Å². The van der Waals surface area contributed by atoms with Crippen LogP contribution in [0.15, 0.2) is 53.8 Å². The average Bonchev–Trinajstić information content (AvgIpc) is 3.03. The number of nitrogens with one attached hydrogen (secondary N) is 5. The molecule has 0 bridgehead atoms. The zero-order valence-electron chi connectivity index (χ0n) is 30.8. The summed E-state index contributed by atoms with van der Waals surface area (Å²) in [6, 6.07) is -3.68. The van der Waals surface area contributed by atoms with E-state index in [-0.39, 0.29) is 43.0 Å². The zero-order valence-corrected chi connectivity index (χ0v) is 31.6. The number of Topliss-reactive ketones (excluding diaryl/α,β-unsaturated/α-hetero) is 1. The molecule has 0 aromatic rings. The van der Waals surface area contributed by atoms with E-state index in [1.807, 2.05) is 27.9 Å². The molecule has 0 saturated heterocycles. The summed E-state index contributed by atoms with van der Waals surface area (Å²) in [6.45, 7) is 15.6. The number of nitrogens with two attached hydrogens (primary N) is 3. The molecule has 0 saturated carbocycles. The van der Waals surface area contributed by atoms with Crippen molar-refractivity contribution in [1.29, 1.82) is 0 Å². The second kappa shape index (κ2) is 25.8. The molecule has 0 heterocycles. The Balaban J connectivity index is 6.56. The Morgan fingerprint density at radius 1 is 0.840 bits per heavy atom. The molecule has 0 radical (unpaired) electrons. The Kier molecular flexibility index (Phi) is 23.7. The second-order valence-electron chi connectivity index (χ2n) is 12.8. The molecule has 15 heteroatoms. The molecule has 0 aromatic carbocycles. The number of hydrogen-bond acceptors (Lipinski definition) is 9. The number of nitrogens with zero attached hydrogens (tertiary/aromatic N) is 2. The van der Waals surface area contributed by atoms with Gasteiger partial charge in [-0.15, -0.1) is 0 Å². The second-order valence-corrected chi connectivity index (χ2v) is 13.1. The van der Waals surface area contributed by atoms with Crippen LogP contribution in [0.1, 0.15) is 72.6 Å². The van der Waals surface area contributed by atoms with Crippen LogP contribution in [0.4, 0.5) is 0 Å². The standard InChI is InChI=1S/C35H62N10O4S/c1-9-14-25(10-2)19-29(31(46)23(3)4)43-33(48)28(15-11-12-17-36)42-34(49)30(20-26(40-22-50)21-45(7)8)44-32(47)27(41-24(5)6)16-13-18-39-35(37)38/h9-10,14,21-24,27-30,41H,1-2,11-13,15-20,36H2,3-8H3,(H,40,50)(H,42,49)(H,43,48)(H,44,47)(H4,37,38,39)/b25-14+,26-21-. The van der Waals surface area contributed by atoms with Crippen molar-refractivity contribution in [3.05, 3.63) is 48.9 Å². The Bertz CT molecular complexity index is 1210. The van der Waals surface area contributed by atoms with Crippen molar-refractivity contribution in [2.75, 3.05) is 27.2 Å². The lowest BCUT2D eigenvalue weighted by molar-refractivity contribution is -0.134. The quantitative estimate of drug-likeness (QED) is 0.0199. The van der Waals surface area contributed by atoms with Gasteiger partial charge in [-0.1, -0.05) is 71.3 Å². The summed E-state index contributed by atoms with van der Waals surface area (Å²) in [7, 11) is 3.62. The summed E-state index contributed by atoms with van der Waals surface area (Å²) in [5, 5.41) is 14.8. The summed E-state index contributed by atoms with van der Waals surface area (Å²) in [5.74, 6) is -2.08. The lowest BCUT2D eigenvalue weighted by Gasteiger charge is -2.28. The van der Waals surface area contributed by atoms with Crippen molar-refractivity contribution in [3.63, 3.8) is 0 Å². The summed E-state index contributed by atoms with van der Waals surface area (Å²) in [5.41, 5.74) is 19.2. The normalized spacial score (nSPS) is 14.1. The topological polar surface area (TPSA) is 222 Å². The molecule has 4 unspecified atom stereocenters. The van der Waals surface area contributed by atoms with Gasteiger partial charge in [0.25, 0.3) is 0 Å². The van der Waals surface area contributed by atoms with E-state index >= 15 is 0 Å². The van der Waals surface area contributed by atoms with E-state index in [4.69, 9.17) is 29.4 Å². The minimum absolute atomic E-state index is 0.0337. The molecule has 4 atom stereocenters. The highest BCUT2D eigenvalue weighted by molar-refractivity contribution is 7.78. The Hall–Kier alpha value is -4.08. The fourth-order valence-corrected chi connectivity index (χ4v) is 5.12. The highest BCUT2D eigenvalue weighted by Crippen LogP contribution is 2.14. The van der Waals surface area contributed by atoms with Crippen molar-refractivity contribution >= 4 is 47.2 Å². The fraction of sp³-hybridized carbons (Fsp3) is 0.600. The van der Waals surface area contributed by atoms with E-state index in [9.17, 15) is 19.2 Å². The number of ketones is 1. The molecular formula is C35H62N10O4S. The maximum Gasteiger partial charge on any atom is 0.243 e. The molecule has 0 aliphatic heterocycles. The molecule has 0 rings (SSSR count). The van der Waals surface area contributed by atoms with Crippen molar-refractivity contribution in [1.82, 2.24) is 31.5 Å². The third-order valence-corrected chi connectivity index (χ3v) is 7.47. The number of thiocarbonyl (C=S) groups is 1. The van der Waals surface area contributed by atoms with Gasteiger partial charge in [0.15, 0.2) is 11.7 Å². The number of allylic oxidation sites excluding steroid dienone is 3. The molecular weight excluding hydrogens is 657 g/mol. The highest BCUT2D eigenvalue weighted by Gasteiger charge is 2.32. The van der Waals surface area contributed by atoms with E-state index in [2.05, 4.69) is 44.7 Å². The molecule has 0 aliphatic carbocycles. The van der Waals surface area contributed by atoms with E-state index in [0.29, 0.717) is 44.5 Å². The molecule has 3 amide bonds. The third kappa shape index (κ3) is 19.8. The van der Waals surface area contributed by atoms with E-state index in [1.54, 1.807) is 43.2 Å². The van der Waals surface area contributed by atoms with Crippen LogP contribution in [0.2, 0.25) is 0 Å². The van der Waals surface area contributed by atoms with Crippen LogP contribution in [0.3, 0.4) is 0 Å². The van der Waals surface area contributed by atoms with Gasteiger partial charge in [0.2, 0.25) is 17.7 Å². The molecule has 0 aromatic heterocycles. The molecule has 0 aliphatic rings. The number of guanidine groups is 1. The molecule has 50 heavy (non-hydrogen) atoms. The van der Waals surface area contributed by atoms with Gasteiger partial charge >= 0.3 is 0 Å². The zero-order chi connectivity index (χ0) is 38.2. The number of amides is 3. The van der Waals surface area contributed by atoms with Crippen LogP contribution in [0.5, 0.6) is 0 Å². The van der Waals surface area contributed by atoms with Crippen LogP contribution < -0.4 is 43.8 Å². The monoisotopic (exact) mass is 718 g/mol. The molecule has 14 nitrogen and oxygen atoms in total. The van der Waals surface area contributed by atoms with E-state index in [0.717, 1.165) is 5.57 Å². The van der Waals surface area contributed by atoms with Crippen molar-refractivity contribution in [2.45, 2.75) is 103 Å². The SMILES string of the molecule is C=C/C=C(\C=C)CC(NC(=O)C(CCCCN)NC(=O)C(C/C(=C/N(C)C)NC=S)NC(=O)C(CCCN=C(N)N)NC(C)C)C(=O)C(C)C. The fourth-order valence-electron chi connectivity index (χ4n) is 4.97. The first-order chi connectivity index (χ1) is 23.6. The predicted octanol–water partition coefficient (Wildman–Crippen LogP) is 1.24. The molecule has 0 spiro atoms. The van der Waals surface area contributed by atoms with Gasteiger partial charge in [-0.2, -0.15) is 0 Å². The van der Waals surface area contributed by atoms with Gasteiger partial charge in [0.05, 0.1) is 17.6 Å². The third-order valence-electron chi connectivity index (χ3n) is 7.35. The van der Waals surface area contributed by atoms with Gasteiger partial charge in [0.1, 0.15) is 12.1 Å². The smallest absolute Gasteiger partial charge is 0.243 e. The summed E-state index contributed by atoms with van der Waals surface area (Å²) >= 11 is 5.02. The Morgan fingerprint density at radius 2 is 1.42 bits per heavy atom. The molecule has 282 valence electrons. The maximum absolute atomic E-state index is 14.1. The van der Waals surface area contributed by atoms with Crippen LogP contribution >= 0.6 is 12.2 Å². The van der Waals surface area contributed by atoms with Gasteiger partial charge in [-0.05, 0) is 50.6 Å². The van der Waals surface area contributed by atoms with E-state index < -0.39 is 41.9 Å².